The fourth-order valence-corrected chi connectivity index (χ4v) is 3.00. The zero-order chi connectivity index (χ0) is 14.8. The van der Waals surface area contributed by atoms with E-state index in [0.717, 1.165) is 0 Å². The maximum atomic E-state index is 11.1. The Labute approximate surface area is 115 Å². The lowest BCUT2D eigenvalue weighted by Crippen LogP contribution is -2.55. The minimum atomic E-state index is -0.844. The van der Waals surface area contributed by atoms with Crippen LogP contribution in [0.3, 0.4) is 0 Å². The monoisotopic (exact) mass is 273 g/mol. The molecule has 5 heteroatoms. The van der Waals surface area contributed by atoms with Gasteiger partial charge in [0, 0.05) is 5.92 Å². The van der Waals surface area contributed by atoms with Crippen molar-refractivity contribution in [3.8, 4) is 0 Å². The van der Waals surface area contributed by atoms with E-state index in [0.29, 0.717) is 13.0 Å². The van der Waals surface area contributed by atoms with Gasteiger partial charge in [-0.15, -0.1) is 0 Å². The first-order chi connectivity index (χ1) is 8.57. The minimum absolute atomic E-state index is 0.00417. The Morgan fingerprint density at radius 2 is 1.79 bits per heavy atom. The highest BCUT2D eigenvalue weighted by Crippen LogP contribution is 2.43. The van der Waals surface area contributed by atoms with Crippen LogP contribution in [-0.2, 0) is 14.3 Å². The molecule has 1 aliphatic heterocycles. The summed E-state index contributed by atoms with van der Waals surface area (Å²) >= 11 is 0. The molecule has 0 aliphatic carbocycles. The molecule has 0 saturated carbocycles. The van der Waals surface area contributed by atoms with Gasteiger partial charge >= 0.3 is 5.97 Å². The Kier molecular flexibility index (Phi) is 4.98. The van der Waals surface area contributed by atoms with Crippen LogP contribution in [0.2, 0.25) is 0 Å². The number of hydrogen-bond acceptors (Lipinski definition) is 4. The van der Waals surface area contributed by atoms with E-state index in [4.69, 9.17) is 20.3 Å². The predicted octanol–water partition coefficient (Wildman–Crippen LogP) is 1.99. The SMILES string of the molecule is CC1(C)OC(CCN)C(C(C)(C)C)[C@@H](CC(=O)O)O1. The highest BCUT2D eigenvalue weighted by atomic mass is 16.7. The van der Waals surface area contributed by atoms with E-state index in [9.17, 15) is 4.79 Å². The largest absolute Gasteiger partial charge is 0.481 e. The molecule has 0 spiro atoms. The summed E-state index contributed by atoms with van der Waals surface area (Å²) < 4.78 is 11.8. The average Bonchev–Trinajstić information content (AvgIpc) is 2.11. The van der Waals surface area contributed by atoms with Crippen LogP contribution >= 0.6 is 0 Å². The predicted molar refractivity (Wildman–Crippen MR) is 72.7 cm³/mol. The van der Waals surface area contributed by atoms with Gasteiger partial charge in [-0.2, -0.15) is 0 Å². The van der Waals surface area contributed by atoms with Gasteiger partial charge in [0.2, 0.25) is 0 Å². The molecule has 19 heavy (non-hydrogen) atoms. The first-order valence-electron chi connectivity index (χ1n) is 6.84. The van der Waals surface area contributed by atoms with Gasteiger partial charge in [0.1, 0.15) is 0 Å². The van der Waals surface area contributed by atoms with Crippen LogP contribution in [-0.4, -0.2) is 35.6 Å². The number of aliphatic carboxylic acids is 1. The molecule has 3 atom stereocenters. The van der Waals surface area contributed by atoms with Crippen molar-refractivity contribution in [2.24, 2.45) is 17.1 Å². The third-order valence-corrected chi connectivity index (χ3v) is 3.50. The van der Waals surface area contributed by atoms with E-state index in [1.165, 1.54) is 0 Å². The van der Waals surface area contributed by atoms with Crippen LogP contribution in [0.25, 0.3) is 0 Å². The summed E-state index contributed by atoms with van der Waals surface area (Å²) in [5.74, 6) is -1.59. The maximum absolute atomic E-state index is 11.1. The van der Waals surface area contributed by atoms with Gasteiger partial charge in [-0.05, 0) is 32.2 Å². The van der Waals surface area contributed by atoms with Gasteiger partial charge < -0.3 is 20.3 Å². The summed E-state index contributed by atoms with van der Waals surface area (Å²) in [6, 6.07) is 0. The molecule has 1 saturated heterocycles. The van der Waals surface area contributed by atoms with Gasteiger partial charge in [0.25, 0.3) is 0 Å². The molecule has 1 aliphatic rings. The topological polar surface area (TPSA) is 81.8 Å². The van der Waals surface area contributed by atoms with Crippen LogP contribution in [0, 0.1) is 11.3 Å². The summed E-state index contributed by atoms with van der Waals surface area (Å²) in [6.07, 6.45) is 0.289. The van der Waals surface area contributed by atoms with Crippen molar-refractivity contribution < 1.29 is 19.4 Å². The van der Waals surface area contributed by atoms with E-state index < -0.39 is 11.8 Å². The lowest BCUT2D eigenvalue weighted by Gasteiger charge is -2.50. The van der Waals surface area contributed by atoms with Crippen LogP contribution in [0.1, 0.15) is 47.5 Å². The second kappa shape index (κ2) is 5.77. The van der Waals surface area contributed by atoms with E-state index in [-0.39, 0.29) is 30.0 Å². The Balaban J connectivity index is 3.03. The van der Waals surface area contributed by atoms with Crippen LogP contribution in [0.5, 0.6) is 0 Å². The molecule has 1 fully saturated rings. The molecular weight excluding hydrogens is 246 g/mol. The van der Waals surface area contributed by atoms with Gasteiger partial charge in [0.15, 0.2) is 5.79 Å². The standard InChI is InChI=1S/C14H27NO4/c1-13(2,3)12-9(6-7-15)18-14(4,5)19-10(12)8-11(16)17/h9-10,12H,6-8,15H2,1-5H3,(H,16,17)/t9?,10-,12?/m1/s1. The third kappa shape index (κ3) is 4.44. The molecule has 0 bridgehead atoms. The zero-order valence-electron chi connectivity index (χ0n) is 12.6. The van der Waals surface area contributed by atoms with Crippen molar-refractivity contribution in [2.45, 2.75) is 65.5 Å². The van der Waals surface area contributed by atoms with Gasteiger partial charge in [-0.25, -0.2) is 0 Å². The summed E-state index contributed by atoms with van der Waals surface area (Å²) in [5, 5.41) is 9.09. The summed E-state index contributed by atoms with van der Waals surface area (Å²) in [6.45, 7) is 10.4. The van der Waals surface area contributed by atoms with Crippen LogP contribution in [0.15, 0.2) is 0 Å². The van der Waals surface area contributed by atoms with Crippen molar-refractivity contribution in [2.75, 3.05) is 6.54 Å². The average molecular weight is 273 g/mol. The highest BCUT2D eigenvalue weighted by molar-refractivity contribution is 5.67. The summed E-state index contributed by atoms with van der Waals surface area (Å²) in [4.78, 5) is 11.1. The van der Waals surface area contributed by atoms with E-state index >= 15 is 0 Å². The molecule has 1 rings (SSSR count). The third-order valence-electron chi connectivity index (χ3n) is 3.50. The Morgan fingerprint density at radius 1 is 1.26 bits per heavy atom. The lowest BCUT2D eigenvalue weighted by atomic mass is 9.71. The molecule has 0 radical (unpaired) electrons. The quantitative estimate of drug-likeness (QED) is 0.818. The van der Waals surface area contributed by atoms with Crippen LogP contribution in [0.4, 0.5) is 0 Å². The summed E-state index contributed by atoms with van der Waals surface area (Å²) in [7, 11) is 0. The number of carbonyl (C=O) groups is 1. The van der Waals surface area contributed by atoms with Gasteiger partial charge in [-0.3, -0.25) is 4.79 Å². The van der Waals surface area contributed by atoms with Crippen molar-refractivity contribution in [1.29, 1.82) is 0 Å². The maximum Gasteiger partial charge on any atom is 0.305 e. The Bertz CT molecular complexity index is 322. The van der Waals surface area contributed by atoms with E-state index in [1.54, 1.807) is 0 Å². The normalized spacial score (nSPS) is 31.2. The molecule has 5 nitrogen and oxygen atoms in total. The Hall–Kier alpha value is -0.650. The van der Waals surface area contributed by atoms with Gasteiger partial charge in [0.05, 0.1) is 18.6 Å². The molecule has 0 aromatic carbocycles. The van der Waals surface area contributed by atoms with E-state index in [2.05, 4.69) is 20.8 Å². The number of carboxylic acid groups (broad SMARTS) is 1. The molecule has 3 N–H and O–H groups in total. The van der Waals surface area contributed by atoms with Crippen molar-refractivity contribution in [1.82, 2.24) is 0 Å². The molecule has 112 valence electrons. The molecule has 2 unspecified atom stereocenters. The molecule has 0 amide bonds. The first kappa shape index (κ1) is 16.4. The van der Waals surface area contributed by atoms with Crippen molar-refractivity contribution in [3.63, 3.8) is 0 Å². The molecule has 1 heterocycles. The minimum Gasteiger partial charge on any atom is -0.481 e. The van der Waals surface area contributed by atoms with Crippen molar-refractivity contribution in [3.05, 3.63) is 0 Å². The number of nitrogens with two attached hydrogens (primary N) is 1. The lowest BCUT2D eigenvalue weighted by molar-refractivity contribution is -0.333. The van der Waals surface area contributed by atoms with Crippen molar-refractivity contribution >= 4 is 5.97 Å². The summed E-state index contributed by atoms with van der Waals surface area (Å²) in [5.41, 5.74) is 5.56. The first-order valence-corrected chi connectivity index (χ1v) is 6.84. The van der Waals surface area contributed by atoms with Crippen LogP contribution < -0.4 is 5.73 Å². The Morgan fingerprint density at radius 3 is 2.21 bits per heavy atom. The van der Waals surface area contributed by atoms with E-state index in [1.807, 2.05) is 13.8 Å². The molecule has 0 aromatic rings. The number of hydrogen-bond donors (Lipinski definition) is 2. The number of ether oxygens (including phenoxy) is 2. The number of rotatable bonds is 4. The second-order valence-electron chi connectivity index (χ2n) is 6.78. The molecular formula is C14H27NO4. The van der Waals surface area contributed by atoms with Gasteiger partial charge in [-0.1, -0.05) is 20.8 Å². The smallest absolute Gasteiger partial charge is 0.305 e. The second-order valence-corrected chi connectivity index (χ2v) is 6.78. The highest BCUT2D eigenvalue weighted by Gasteiger charge is 2.48. The number of carboxylic acids is 1. The fraction of sp³-hybridized carbons (Fsp3) is 0.929. The fourth-order valence-electron chi connectivity index (χ4n) is 3.00. The zero-order valence-corrected chi connectivity index (χ0v) is 12.6. The molecule has 0 aromatic heterocycles.